The number of fused-ring (bicyclic) bond motifs is 4. The maximum absolute atomic E-state index is 14.3. The largest absolute Gasteiger partial charge is 0.507 e. The molecule has 0 aromatic heterocycles. The number of nitrogens with zero attached hydrogens (tertiary/aromatic N) is 2. The van der Waals surface area contributed by atoms with Crippen LogP contribution < -0.4 is 4.90 Å². The van der Waals surface area contributed by atoms with E-state index in [1.165, 1.54) is 17.0 Å². The van der Waals surface area contributed by atoms with Gasteiger partial charge in [-0.25, -0.2) is 9.29 Å². The molecule has 41 heavy (non-hydrogen) atoms. The number of allylic oxidation sites excluding steroid dienone is 2. The number of benzene rings is 2. The summed E-state index contributed by atoms with van der Waals surface area (Å²) in [5.41, 5.74) is 2.47. The van der Waals surface area contributed by atoms with Gasteiger partial charge in [-0.15, -0.1) is 23.2 Å². The second kappa shape index (κ2) is 9.39. The van der Waals surface area contributed by atoms with Crippen LogP contribution in [0, 0.1) is 37.4 Å². The second-order valence-electron chi connectivity index (χ2n) is 11.6. The fourth-order valence-electron chi connectivity index (χ4n) is 7.44. The normalized spacial score (nSPS) is 32.7. The van der Waals surface area contributed by atoms with E-state index in [1.54, 1.807) is 26.0 Å². The number of alkyl halides is 2. The highest BCUT2D eigenvalue weighted by molar-refractivity contribution is 6.58. The number of halogens is 3. The molecule has 3 fully saturated rings. The Morgan fingerprint density at radius 3 is 2.22 bits per heavy atom. The van der Waals surface area contributed by atoms with Crippen LogP contribution in [0.5, 0.6) is 5.75 Å². The number of anilines is 1. The topological polar surface area (TPSA) is 95.0 Å². The summed E-state index contributed by atoms with van der Waals surface area (Å²) < 4.78 is 13.8. The lowest BCUT2D eigenvalue weighted by Crippen LogP contribution is -2.60. The van der Waals surface area contributed by atoms with Crippen LogP contribution in [0.1, 0.15) is 48.8 Å². The van der Waals surface area contributed by atoms with Crippen molar-refractivity contribution in [3.05, 3.63) is 70.6 Å². The third-order valence-electron chi connectivity index (χ3n) is 9.28. The van der Waals surface area contributed by atoms with Crippen molar-refractivity contribution in [1.82, 2.24) is 4.90 Å². The number of aryl methyl sites for hydroxylation is 2. The van der Waals surface area contributed by atoms with Crippen LogP contribution >= 0.6 is 23.2 Å². The van der Waals surface area contributed by atoms with E-state index in [9.17, 15) is 28.7 Å². The molecule has 0 radical (unpaired) electrons. The van der Waals surface area contributed by atoms with E-state index in [0.717, 1.165) is 17.0 Å². The van der Waals surface area contributed by atoms with E-state index >= 15 is 0 Å². The van der Waals surface area contributed by atoms with Gasteiger partial charge in [-0.05, 0) is 80.0 Å². The molecule has 2 heterocycles. The number of likely N-dealkylation sites (tertiary alicyclic amines) is 1. The maximum Gasteiger partial charge on any atom is 0.258 e. The molecule has 7 nitrogen and oxygen atoms in total. The number of hydrogen-bond donors (Lipinski definition) is 1. The Balaban J connectivity index is 1.57. The Labute approximate surface area is 246 Å². The van der Waals surface area contributed by atoms with Gasteiger partial charge in [-0.3, -0.25) is 24.1 Å². The monoisotopic (exact) mass is 598 g/mol. The summed E-state index contributed by atoms with van der Waals surface area (Å²) in [6.45, 7) is 5.63. The van der Waals surface area contributed by atoms with Gasteiger partial charge in [-0.1, -0.05) is 30.7 Å². The van der Waals surface area contributed by atoms with Crippen molar-refractivity contribution >= 4 is 52.5 Å². The van der Waals surface area contributed by atoms with Crippen LogP contribution in [-0.4, -0.2) is 49.9 Å². The lowest BCUT2D eigenvalue weighted by molar-refractivity contribution is -0.140. The molecule has 4 amide bonds. The van der Waals surface area contributed by atoms with E-state index < -0.39 is 51.1 Å². The summed E-state index contributed by atoms with van der Waals surface area (Å²) in [6.07, 6.45) is 2.66. The highest BCUT2D eigenvalue weighted by atomic mass is 35.5. The first-order valence-corrected chi connectivity index (χ1v) is 14.5. The molecule has 1 N–H and O–H groups in total. The first kappa shape index (κ1) is 27.9. The number of phenolic OH excluding ortho intramolecular Hbond substituents is 1. The Hall–Kier alpha value is -3.23. The van der Waals surface area contributed by atoms with Crippen molar-refractivity contribution in [2.75, 3.05) is 11.4 Å². The molecule has 2 saturated heterocycles. The minimum absolute atomic E-state index is 0.0908. The molecular weight excluding hydrogens is 570 g/mol. The summed E-state index contributed by atoms with van der Waals surface area (Å²) in [5.74, 6) is -5.39. The molecule has 6 unspecified atom stereocenters. The number of carbonyl (C=O) groups excluding carboxylic acids is 4. The molecule has 0 spiro atoms. The molecule has 10 heteroatoms. The number of carbonyl (C=O) groups is 4. The molecule has 6 rings (SSSR count). The Morgan fingerprint density at radius 2 is 1.61 bits per heavy atom. The molecule has 0 bridgehead atoms. The molecule has 2 aliphatic heterocycles. The van der Waals surface area contributed by atoms with Gasteiger partial charge in [0.1, 0.15) is 11.6 Å². The van der Waals surface area contributed by atoms with Gasteiger partial charge in [0.05, 0.1) is 17.5 Å². The van der Waals surface area contributed by atoms with Gasteiger partial charge in [0, 0.05) is 12.5 Å². The van der Waals surface area contributed by atoms with E-state index in [-0.39, 0.29) is 29.7 Å². The highest BCUT2D eigenvalue weighted by Gasteiger charge is 2.76. The zero-order chi connectivity index (χ0) is 29.6. The summed E-state index contributed by atoms with van der Waals surface area (Å²) in [7, 11) is 0. The summed E-state index contributed by atoms with van der Waals surface area (Å²) in [6, 6.07) is 8.35. The Bertz CT molecular complexity index is 1530. The fourth-order valence-corrected chi connectivity index (χ4v) is 8.37. The fraction of sp³-hybridized carbons (Fsp3) is 0.419. The average molecular weight is 599 g/mol. The number of hydrogen-bond acceptors (Lipinski definition) is 5. The lowest BCUT2D eigenvalue weighted by Gasteiger charge is -2.50. The van der Waals surface area contributed by atoms with Gasteiger partial charge >= 0.3 is 0 Å². The molecule has 2 aliphatic carbocycles. The molecule has 214 valence electrons. The number of imide groups is 2. The molecule has 6 atom stereocenters. The maximum atomic E-state index is 14.3. The SMILES string of the molecule is CCCN1C(=O)C2CC=C3C(CC4(Cl)C(=O)N(c5ccc(F)cc5)C(=O)C4(Cl)C3c3cc(C)c(O)c(C)c3)C2C1=O. The van der Waals surface area contributed by atoms with Crippen molar-refractivity contribution in [2.24, 2.45) is 17.8 Å². The molecule has 4 aliphatic rings. The van der Waals surface area contributed by atoms with Gasteiger partial charge in [-0.2, -0.15) is 0 Å². The van der Waals surface area contributed by atoms with Crippen molar-refractivity contribution in [1.29, 1.82) is 0 Å². The minimum atomic E-state index is -2.00. The van der Waals surface area contributed by atoms with Crippen LogP contribution in [0.15, 0.2) is 48.0 Å². The van der Waals surface area contributed by atoms with Crippen molar-refractivity contribution in [2.45, 2.75) is 55.7 Å². The first-order chi connectivity index (χ1) is 19.4. The van der Waals surface area contributed by atoms with Gasteiger partial charge < -0.3 is 5.11 Å². The van der Waals surface area contributed by atoms with Crippen molar-refractivity contribution < 1.29 is 28.7 Å². The Kier molecular flexibility index (Phi) is 6.40. The van der Waals surface area contributed by atoms with Crippen molar-refractivity contribution in [3.63, 3.8) is 0 Å². The van der Waals surface area contributed by atoms with Crippen LogP contribution in [0.4, 0.5) is 10.1 Å². The van der Waals surface area contributed by atoms with Gasteiger partial charge in [0.25, 0.3) is 11.8 Å². The van der Waals surface area contributed by atoms with Crippen LogP contribution in [0.3, 0.4) is 0 Å². The predicted octanol–water partition coefficient (Wildman–Crippen LogP) is 5.12. The Morgan fingerprint density at radius 1 is 0.976 bits per heavy atom. The number of phenols is 1. The summed E-state index contributed by atoms with van der Waals surface area (Å²) in [4.78, 5) is 53.7. The number of aromatic hydroxyl groups is 1. The lowest BCUT2D eigenvalue weighted by atomic mass is 9.56. The minimum Gasteiger partial charge on any atom is -0.507 e. The van der Waals surface area contributed by atoms with Crippen LogP contribution in [0.25, 0.3) is 0 Å². The van der Waals surface area contributed by atoms with Crippen LogP contribution in [-0.2, 0) is 19.2 Å². The van der Waals surface area contributed by atoms with Crippen LogP contribution in [0.2, 0.25) is 0 Å². The summed E-state index contributed by atoms with van der Waals surface area (Å²) >= 11 is 14.7. The predicted molar refractivity (Wildman–Crippen MR) is 151 cm³/mol. The van der Waals surface area contributed by atoms with Gasteiger partial charge in [0.15, 0.2) is 9.75 Å². The third kappa shape index (κ3) is 3.62. The zero-order valence-corrected chi connectivity index (χ0v) is 24.3. The van der Waals surface area contributed by atoms with E-state index in [1.807, 2.05) is 13.0 Å². The molecular formula is C31H29Cl2FN2O5. The average Bonchev–Trinajstić information content (AvgIpc) is 3.26. The third-order valence-corrected chi connectivity index (χ3v) is 10.7. The molecule has 2 aromatic rings. The molecule has 2 aromatic carbocycles. The molecule has 1 saturated carbocycles. The standard InChI is InChI=1S/C31H29Cl2FN2O5/c1-4-11-35-26(38)21-10-9-20-22(23(21)27(35)39)14-30(32)28(40)36(19-7-5-18(34)6-8-19)29(41)31(30,33)24(20)17-12-15(2)25(37)16(3)13-17/h5-9,12-13,21-24,37H,4,10-11,14H2,1-3H3. The van der Waals surface area contributed by atoms with E-state index in [2.05, 4.69) is 0 Å². The number of amides is 4. The van der Waals surface area contributed by atoms with E-state index in [4.69, 9.17) is 23.2 Å². The zero-order valence-electron chi connectivity index (χ0n) is 22.8. The smallest absolute Gasteiger partial charge is 0.258 e. The summed E-state index contributed by atoms with van der Waals surface area (Å²) in [5, 5.41) is 10.5. The van der Waals surface area contributed by atoms with Crippen molar-refractivity contribution in [3.8, 4) is 5.75 Å². The van der Waals surface area contributed by atoms with E-state index in [0.29, 0.717) is 41.6 Å². The number of rotatable bonds is 4. The highest BCUT2D eigenvalue weighted by Crippen LogP contribution is 2.66. The van der Waals surface area contributed by atoms with Gasteiger partial charge in [0.2, 0.25) is 11.8 Å². The quantitative estimate of drug-likeness (QED) is 0.299. The second-order valence-corrected chi connectivity index (χ2v) is 12.8. The first-order valence-electron chi connectivity index (χ1n) is 13.7.